The van der Waals surface area contributed by atoms with Gasteiger partial charge >= 0.3 is 10.1 Å². The van der Waals surface area contributed by atoms with Gasteiger partial charge in [-0.15, -0.1) is 0 Å². The van der Waals surface area contributed by atoms with Gasteiger partial charge in [-0.3, -0.25) is 4.79 Å². The summed E-state index contributed by atoms with van der Waals surface area (Å²) in [5.74, 6) is -1.34. The molecule has 0 aliphatic carbocycles. The van der Waals surface area contributed by atoms with E-state index in [0.717, 1.165) is 12.1 Å². The van der Waals surface area contributed by atoms with Crippen molar-refractivity contribution in [3.63, 3.8) is 0 Å². The van der Waals surface area contributed by atoms with Crippen LogP contribution in [0.4, 0.5) is 10.1 Å². The minimum Gasteiger partial charge on any atom is -0.379 e. The number of halogens is 2. The first kappa shape index (κ1) is 18.9. The maximum absolute atomic E-state index is 13.8. The average molecular weight is 406 g/mol. The first-order valence-corrected chi connectivity index (χ1v) is 9.50. The van der Waals surface area contributed by atoms with Gasteiger partial charge in [0.2, 0.25) is 0 Å². The summed E-state index contributed by atoms with van der Waals surface area (Å²) in [7, 11) is -4.36. The number of carbonyl (C=O) groups excluding carboxylic acids is 1. The van der Waals surface area contributed by atoms with E-state index in [1.807, 2.05) is 0 Å². The summed E-state index contributed by atoms with van der Waals surface area (Å²) in [4.78, 5) is 11.5. The predicted octanol–water partition coefficient (Wildman–Crippen LogP) is 4.50. The van der Waals surface area contributed by atoms with Crippen LogP contribution in [0.25, 0.3) is 0 Å². The van der Waals surface area contributed by atoms with E-state index in [-0.39, 0.29) is 16.7 Å². The van der Waals surface area contributed by atoms with Gasteiger partial charge in [0, 0.05) is 16.3 Å². The van der Waals surface area contributed by atoms with Gasteiger partial charge in [-0.2, -0.15) is 8.42 Å². The monoisotopic (exact) mass is 405 g/mol. The highest BCUT2D eigenvalue weighted by molar-refractivity contribution is 7.87. The third kappa shape index (κ3) is 4.64. The third-order valence-corrected chi connectivity index (χ3v) is 5.03. The molecule has 0 aromatic heterocycles. The molecule has 0 saturated carbocycles. The van der Waals surface area contributed by atoms with Crippen molar-refractivity contribution in [1.29, 1.82) is 0 Å². The summed E-state index contributed by atoms with van der Waals surface area (Å²) in [6.45, 7) is 0. The highest BCUT2D eigenvalue weighted by atomic mass is 35.5. The topological polar surface area (TPSA) is 72.5 Å². The lowest BCUT2D eigenvalue weighted by Gasteiger charge is -2.09. The summed E-state index contributed by atoms with van der Waals surface area (Å²) < 4.78 is 43.2. The van der Waals surface area contributed by atoms with Gasteiger partial charge in [0.15, 0.2) is 0 Å². The average Bonchev–Trinajstić information content (AvgIpc) is 2.63. The van der Waals surface area contributed by atoms with Crippen LogP contribution in [0.5, 0.6) is 5.75 Å². The molecule has 0 bridgehead atoms. The molecule has 0 radical (unpaired) electrons. The number of nitrogens with one attached hydrogen (secondary N) is 1. The molecule has 138 valence electrons. The Hall–Kier alpha value is -2.90. The SMILES string of the molecule is O=C(Nc1ccc(OS(=O)(=O)c2ccc(Cl)cc2F)cc1)c1ccccc1. The fraction of sp³-hybridized carbons (Fsp3) is 0. The molecule has 5 nitrogen and oxygen atoms in total. The second-order valence-electron chi connectivity index (χ2n) is 5.46. The molecule has 0 fully saturated rings. The van der Waals surface area contributed by atoms with Crippen LogP contribution in [0.2, 0.25) is 5.02 Å². The molecule has 8 heteroatoms. The van der Waals surface area contributed by atoms with Crippen LogP contribution in [-0.2, 0) is 10.1 Å². The summed E-state index contributed by atoms with van der Waals surface area (Å²) in [5, 5.41) is 2.75. The minimum absolute atomic E-state index is 0.0259. The van der Waals surface area contributed by atoms with E-state index in [1.165, 1.54) is 30.3 Å². The molecule has 0 spiro atoms. The second-order valence-corrected chi connectivity index (χ2v) is 7.41. The standard InChI is InChI=1S/C19H13ClFNO4S/c20-14-6-11-18(17(21)12-14)27(24,25)26-16-9-7-15(8-10-16)22-19(23)13-4-2-1-3-5-13/h1-12H,(H,22,23). The molecule has 3 aromatic carbocycles. The lowest BCUT2D eigenvalue weighted by atomic mass is 10.2. The van der Waals surface area contributed by atoms with Crippen LogP contribution in [0.15, 0.2) is 77.7 Å². The van der Waals surface area contributed by atoms with Crippen molar-refractivity contribution in [1.82, 2.24) is 0 Å². The molecule has 0 atom stereocenters. The molecule has 1 amide bonds. The van der Waals surface area contributed by atoms with Gasteiger partial charge in [-0.25, -0.2) is 4.39 Å². The molecule has 0 saturated heterocycles. The Morgan fingerprint density at radius 3 is 2.26 bits per heavy atom. The van der Waals surface area contributed by atoms with Crippen molar-refractivity contribution >= 4 is 33.3 Å². The van der Waals surface area contributed by atoms with Crippen molar-refractivity contribution in [3.05, 3.63) is 89.2 Å². The number of benzene rings is 3. The number of carbonyl (C=O) groups is 1. The number of anilines is 1. The van der Waals surface area contributed by atoms with Crippen LogP contribution in [0, 0.1) is 5.82 Å². The van der Waals surface area contributed by atoms with Crippen molar-refractivity contribution in [2.75, 3.05) is 5.32 Å². The van der Waals surface area contributed by atoms with Gasteiger partial charge in [0.05, 0.1) is 0 Å². The minimum atomic E-state index is -4.36. The lowest BCUT2D eigenvalue weighted by molar-refractivity contribution is 0.102. The van der Waals surface area contributed by atoms with Crippen LogP contribution in [0.3, 0.4) is 0 Å². The highest BCUT2D eigenvalue weighted by Crippen LogP contribution is 2.24. The van der Waals surface area contributed by atoms with Crippen LogP contribution in [0.1, 0.15) is 10.4 Å². The number of rotatable bonds is 5. The smallest absolute Gasteiger partial charge is 0.342 e. The molecule has 0 aliphatic heterocycles. The molecule has 0 unspecified atom stereocenters. The van der Waals surface area contributed by atoms with E-state index in [2.05, 4.69) is 5.32 Å². The van der Waals surface area contributed by atoms with Crippen molar-refractivity contribution in [3.8, 4) is 5.75 Å². The summed E-state index contributed by atoms with van der Waals surface area (Å²) in [6, 6.07) is 17.4. The van der Waals surface area contributed by atoms with Gasteiger partial charge in [-0.05, 0) is 54.6 Å². The van der Waals surface area contributed by atoms with Crippen LogP contribution in [-0.4, -0.2) is 14.3 Å². The number of hydrogen-bond acceptors (Lipinski definition) is 4. The molecule has 1 N–H and O–H groups in total. The Morgan fingerprint density at radius 1 is 0.963 bits per heavy atom. The van der Waals surface area contributed by atoms with Gasteiger partial charge < -0.3 is 9.50 Å². The normalized spacial score (nSPS) is 11.0. The molecule has 3 aromatic rings. The van der Waals surface area contributed by atoms with Crippen molar-refractivity contribution < 1.29 is 21.8 Å². The molecular weight excluding hydrogens is 393 g/mol. The van der Waals surface area contributed by atoms with Crippen LogP contribution >= 0.6 is 11.6 Å². The molecule has 0 heterocycles. The Kier molecular flexibility index (Phi) is 5.43. The van der Waals surface area contributed by atoms with E-state index in [9.17, 15) is 17.6 Å². The predicted molar refractivity (Wildman–Crippen MR) is 100 cm³/mol. The lowest BCUT2D eigenvalue weighted by Crippen LogP contribution is -2.13. The van der Waals surface area contributed by atoms with Crippen molar-refractivity contribution in [2.24, 2.45) is 0 Å². The molecular formula is C19H13ClFNO4S. The zero-order valence-electron chi connectivity index (χ0n) is 13.7. The van der Waals surface area contributed by atoms with E-state index < -0.39 is 20.8 Å². The number of amides is 1. The first-order valence-electron chi connectivity index (χ1n) is 7.71. The van der Waals surface area contributed by atoms with E-state index >= 15 is 0 Å². The largest absolute Gasteiger partial charge is 0.379 e. The van der Waals surface area contributed by atoms with Gasteiger partial charge in [0.25, 0.3) is 5.91 Å². The van der Waals surface area contributed by atoms with Gasteiger partial charge in [0.1, 0.15) is 16.5 Å². The van der Waals surface area contributed by atoms with Gasteiger partial charge in [-0.1, -0.05) is 29.8 Å². The fourth-order valence-corrected chi connectivity index (χ4v) is 3.38. The van der Waals surface area contributed by atoms with Crippen LogP contribution < -0.4 is 9.50 Å². The Morgan fingerprint density at radius 2 is 1.63 bits per heavy atom. The fourth-order valence-electron chi connectivity index (χ4n) is 2.24. The van der Waals surface area contributed by atoms with E-state index in [0.29, 0.717) is 11.3 Å². The second kappa shape index (κ2) is 7.77. The zero-order chi connectivity index (χ0) is 19.4. The summed E-state index contributed by atoms with van der Waals surface area (Å²) >= 11 is 5.62. The molecule has 0 aliphatic rings. The Balaban J connectivity index is 1.73. The maximum Gasteiger partial charge on any atom is 0.342 e. The highest BCUT2D eigenvalue weighted by Gasteiger charge is 2.21. The van der Waals surface area contributed by atoms with E-state index in [1.54, 1.807) is 30.3 Å². The quantitative estimate of drug-likeness (QED) is 0.634. The maximum atomic E-state index is 13.8. The van der Waals surface area contributed by atoms with Crippen molar-refractivity contribution in [2.45, 2.75) is 4.90 Å². The Labute approximate surface area is 160 Å². The zero-order valence-corrected chi connectivity index (χ0v) is 15.3. The van der Waals surface area contributed by atoms with E-state index in [4.69, 9.17) is 15.8 Å². The molecule has 3 rings (SSSR count). The Bertz CT molecular complexity index is 1070. The molecule has 27 heavy (non-hydrogen) atoms. The summed E-state index contributed by atoms with van der Waals surface area (Å²) in [6.07, 6.45) is 0. The number of hydrogen-bond donors (Lipinski definition) is 1. The third-order valence-electron chi connectivity index (χ3n) is 3.52. The first-order chi connectivity index (χ1) is 12.8. The summed E-state index contributed by atoms with van der Waals surface area (Å²) in [5.41, 5.74) is 0.935.